The first-order valence-electron chi connectivity index (χ1n) is 11.5. The van der Waals surface area contributed by atoms with Gasteiger partial charge in [0.2, 0.25) is 0 Å². The molecule has 8 nitrogen and oxygen atoms in total. The number of hydrogen-bond donors (Lipinski definition) is 2. The van der Waals surface area contributed by atoms with Gasteiger partial charge in [-0.05, 0) is 76.1 Å². The van der Waals surface area contributed by atoms with E-state index in [0.717, 1.165) is 61.4 Å². The average Bonchev–Trinajstić information content (AvgIpc) is 2.78. The van der Waals surface area contributed by atoms with Crippen molar-refractivity contribution in [3.8, 4) is 0 Å². The number of esters is 1. The number of hydrogen-bond acceptors (Lipinski definition) is 7. The molecule has 1 amide bonds. The zero-order valence-electron chi connectivity index (χ0n) is 19.9. The second-order valence-corrected chi connectivity index (χ2v) is 9.28. The van der Waals surface area contributed by atoms with Crippen molar-refractivity contribution in [2.45, 2.75) is 70.9 Å². The number of aryl methyl sites for hydroxylation is 3. The van der Waals surface area contributed by atoms with Gasteiger partial charge in [0, 0.05) is 30.6 Å². The molecule has 33 heavy (non-hydrogen) atoms. The summed E-state index contributed by atoms with van der Waals surface area (Å²) in [6.07, 6.45) is 6.28. The van der Waals surface area contributed by atoms with Gasteiger partial charge >= 0.3 is 12.1 Å². The Bertz CT molecular complexity index is 954. The lowest BCUT2D eigenvalue weighted by atomic mass is 10.0. The number of nitrogens with zero attached hydrogens (tertiary/aromatic N) is 2. The highest BCUT2D eigenvalue weighted by Crippen LogP contribution is 2.20. The Morgan fingerprint density at radius 3 is 2.61 bits per heavy atom. The summed E-state index contributed by atoms with van der Waals surface area (Å²) in [5, 5.41) is 5.96. The Balaban J connectivity index is 1.51. The van der Waals surface area contributed by atoms with Crippen LogP contribution in [0.2, 0.25) is 0 Å². The zero-order valence-corrected chi connectivity index (χ0v) is 19.9. The van der Waals surface area contributed by atoms with Crippen molar-refractivity contribution in [1.29, 1.82) is 0 Å². The van der Waals surface area contributed by atoms with Gasteiger partial charge in [-0.25, -0.2) is 14.6 Å². The number of carbonyl (C=O) groups excluding carboxylic acids is 2. The average molecular weight is 455 g/mol. The highest BCUT2D eigenvalue weighted by atomic mass is 16.6. The lowest BCUT2D eigenvalue weighted by Crippen LogP contribution is -2.45. The van der Waals surface area contributed by atoms with Crippen LogP contribution in [0.1, 0.15) is 56.1 Å². The fraction of sp³-hybridized carbons (Fsp3) is 0.520. The Morgan fingerprint density at radius 2 is 1.91 bits per heavy atom. The quantitative estimate of drug-likeness (QED) is 0.587. The zero-order chi connectivity index (χ0) is 23.8. The minimum Gasteiger partial charge on any atom is -0.467 e. The molecule has 0 aromatic carbocycles. The molecule has 0 fully saturated rings. The van der Waals surface area contributed by atoms with Crippen molar-refractivity contribution in [2.75, 3.05) is 19.0 Å². The Labute approximate surface area is 195 Å². The van der Waals surface area contributed by atoms with Crippen molar-refractivity contribution in [3.05, 3.63) is 53.0 Å². The number of rotatable bonds is 8. The number of anilines is 1. The maximum atomic E-state index is 12.1. The minimum absolute atomic E-state index is 0.269. The lowest BCUT2D eigenvalue weighted by Gasteiger charge is -2.22. The highest BCUT2D eigenvalue weighted by Gasteiger charge is 2.25. The monoisotopic (exact) mass is 454 g/mol. The molecular weight excluding hydrogens is 420 g/mol. The molecule has 0 radical (unpaired) electrons. The fourth-order valence-electron chi connectivity index (χ4n) is 3.70. The van der Waals surface area contributed by atoms with E-state index in [1.807, 2.05) is 12.1 Å². The first kappa shape index (κ1) is 24.5. The predicted molar refractivity (Wildman–Crippen MR) is 126 cm³/mol. The summed E-state index contributed by atoms with van der Waals surface area (Å²) in [5.74, 6) is 0.498. The van der Waals surface area contributed by atoms with Gasteiger partial charge in [-0.2, -0.15) is 0 Å². The van der Waals surface area contributed by atoms with Crippen molar-refractivity contribution >= 4 is 17.9 Å². The van der Waals surface area contributed by atoms with E-state index in [1.165, 1.54) is 12.7 Å². The Morgan fingerprint density at radius 1 is 1.15 bits per heavy atom. The van der Waals surface area contributed by atoms with E-state index in [4.69, 9.17) is 14.5 Å². The van der Waals surface area contributed by atoms with Gasteiger partial charge in [0.1, 0.15) is 17.5 Å². The molecule has 0 spiro atoms. The molecule has 1 aliphatic heterocycles. The molecule has 2 aromatic rings. The smallest absolute Gasteiger partial charge is 0.408 e. The topological polar surface area (TPSA) is 102 Å². The van der Waals surface area contributed by atoms with Crippen LogP contribution in [0.4, 0.5) is 10.6 Å². The van der Waals surface area contributed by atoms with Crippen LogP contribution < -0.4 is 10.6 Å². The number of alkyl carbamates (subject to hydrolysis) is 1. The standard InChI is InChI=1S/C25H34N4O4/c1-25(2,3)33-24(31)29-21(23(30)32-4)15-17-10-12-19(27-16-17)8-5-9-20-13-11-18-7-6-14-26-22(18)28-20/h10-13,16,21H,5-9,14-15H2,1-4H3,(H,26,28)(H,29,31)/t21-/m0/s1. The van der Waals surface area contributed by atoms with Gasteiger partial charge in [0.05, 0.1) is 7.11 Å². The second kappa shape index (κ2) is 11.1. The van der Waals surface area contributed by atoms with Crippen LogP contribution >= 0.6 is 0 Å². The number of nitrogens with one attached hydrogen (secondary N) is 2. The van der Waals surface area contributed by atoms with Gasteiger partial charge in [-0.1, -0.05) is 12.1 Å². The minimum atomic E-state index is -0.846. The van der Waals surface area contributed by atoms with Crippen LogP contribution in [0.3, 0.4) is 0 Å². The highest BCUT2D eigenvalue weighted by molar-refractivity contribution is 5.81. The number of fused-ring (bicyclic) bond motifs is 1. The molecule has 0 saturated carbocycles. The number of amides is 1. The fourth-order valence-corrected chi connectivity index (χ4v) is 3.70. The summed E-state index contributed by atoms with van der Waals surface area (Å²) in [6.45, 7) is 6.28. The number of methoxy groups -OCH3 is 1. The molecule has 1 atom stereocenters. The second-order valence-electron chi connectivity index (χ2n) is 9.28. The molecule has 2 N–H and O–H groups in total. The van der Waals surface area contributed by atoms with Gasteiger partial charge in [-0.3, -0.25) is 4.98 Å². The summed E-state index contributed by atoms with van der Waals surface area (Å²) in [5.41, 5.74) is 3.54. The van der Waals surface area contributed by atoms with Crippen molar-refractivity contribution in [1.82, 2.24) is 15.3 Å². The van der Waals surface area contributed by atoms with Crippen LogP contribution in [0.15, 0.2) is 30.5 Å². The molecule has 3 heterocycles. The van der Waals surface area contributed by atoms with Crippen molar-refractivity contribution in [3.63, 3.8) is 0 Å². The molecule has 0 bridgehead atoms. The van der Waals surface area contributed by atoms with Crippen LogP contribution in [0.5, 0.6) is 0 Å². The van der Waals surface area contributed by atoms with Gasteiger partial charge in [0.25, 0.3) is 0 Å². The van der Waals surface area contributed by atoms with Crippen molar-refractivity contribution in [2.24, 2.45) is 0 Å². The van der Waals surface area contributed by atoms with E-state index in [1.54, 1.807) is 27.0 Å². The maximum absolute atomic E-state index is 12.1. The van der Waals surface area contributed by atoms with E-state index >= 15 is 0 Å². The molecule has 1 aliphatic rings. The van der Waals surface area contributed by atoms with Crippen LogP contribution in [0.25, 0.3) is 0 Å². The van der Waals surface area contributed by atoms with Gasteiger partial charge in [0.15, 0.2) is 0 Å². The van der Waals surface area contributed by atoms with E-state index < -0.39 is 23.7 Å². The van der Waals surface area contributed by atoms with Crippen LogP contribution in [0, 0.1) is 0 Å². The Kier molecular flexibility index (Phi) is 8.25. The summed E-state index contributed by atoms with van der Waals surface area (Å²) >= 11 is 0. The molecular formula is C25H34N4O4. The third kappa shape index (κ3) is 7.73. The molecule has 0 unspecified atom stereocenters. The first-order valence-corrected chi connectivity index (χ1v) is 11.5. The number of pyridine rings is 2. The van der Waals surface area contributed by atoms with Crippen molar-refractivity contribution < 1.29 is 19.1 Å². The summed E-state index contributed by atoms with van der Waals surface area (Å²) < 4.78 is 10.1. The van der Waals surface area contributed by atoms with E-state index in [-0.39, 0.29) is 6.42 Å². The first-order chi connectivity index (χ1) is 15.7. The molecule has 3 rings (SSSR count). The van der Waals surface area contributed by atoms with E-state index in [2.05, 4.69) is 27.8 Å². The van der Waals surface area contributed by atoms with E-state index in [0.29, 0.717) is 0 Å². The third-order valence-corrected chi connectivity index (χ3v) is 5.32. The predicted octanol–water partition coefficient (Wildman–Crippen LogP) is 3.62. The molecule has 0 saturated heterocycles. The van der Waals surface area contributed by atoms with Gasteiger partial charge < -0.3 is 20.1 Å². The van der Waals surface area contributed by atoms with Crippen LogP contribution in [-0.4, -0.2) is 47.3 Å². The normalized spacial score (nSPS) is 13.9. The largest absolute Gasteiger partial charge is 0.467 e. The van der Waals surface area contributed by atoms with Gasteiger partial charge in [-0.15, -0.1) is 0 Å². The molecule has 0 aliphatic carbocycles. The Hall–Kier alpha value is -3.16. The maximum Gasteiger partial charge on any atom is 0.408 e. The summed E-state index contributed by atoms with van der Waals surface area (Å²) in [4.78, 5) is 33.5. The summed E-state index contributed by atoms with van der Waals surface area (Å²) in [6, 6.07) is 7.34. The number of ether oxygens (including phenoxy) is 2. The molecule has 178 valence electrons. The number of carbonyl (C=O) groups is 2. The molecule has 2 aromatic heterocycles. The SMILES string of the molecule is COC(=O)[C@H](Cc1ccc(CCCc2ccc3c(n2)NCCC3)nc1)NC(=O)OC(C)(C)C. The summed E-state index contributed by atoms with van der Waals surface area (Å²) in [7, 11) is 1.29. The van der Waals surface area contributed by atoms with Crippen LogP contribution in [-0.2, 0) is 40.0 Å². The van der Waals surface area contributed by atoms with E-state index in [9.17, 15) is 9.59 Å². The molecule has 8 heteroatoms. The number of aromatic nitrogens is 2. The third-order valence-electron chi connectivity index (χ3n) is 5.32. The lowest BCUT2D eigenvalue weighted by molar-refractivity contribution is -0.143.